The summed E-state index contributed by atoms with van der Waals surface area (Å²) in [7, 11) is 0. The van der Waals surface area contributed by atoms with Gasteiger partial charge in [0.25, 0.3) is 4.84 Å². The van der Waals surface area contributed by atoms with Crippen molar-refractivity contribution in [2.45, 2.75) is 13.5 Å². The van der Waals surface area contributed by atoms with Crippen LogP contribution in [-0.4, -0.2) is 15.7 Å². The number of nitrogens with zero attached hydrogens (tertiary/aromatic N) is 2. The second kappa shape index (κ2) is 7.51. The molecule has 0 aliphatic carbocycles. The van der Waals surface area contributed by atoms with Gasteiger partial charge >= 0.3 is 0 Å². The molecule has 3 rings (SSSR count). The predicted molar refractivity (Wildman–Crippen MR) is 103 cm³/mol. The molecule has 128 valence electrons. The van der Waals surface area contributed by atoms with Gasteiger partial charge in [0.15, 0.2) is 0 Å². The number of nitrogens with one attached hydrogen (secondary N) is 1. The quantitative estimate of drug-likeness (QED) is 0.566. The number of aromatic nitrogens is 2. The first-order valence-corrected chi connectivity index (χ1v) is 8.90. The topological polar surface area (TPSA) is 60.1 Å². The molecule has 0 atom stereocenters. The van der Waals surface area contributed by atoms with Crippen molar-refractivity contribution >= 4 is 51.3 Å². The number of amides is 1. The Labute approximate surface area is 162 Å². The second-order valence-electron chi connectivity index (χ2n) is 5.37. The van der Waals surface area contributed by atoms with E-state index in [-0.39, 0.29) is 17.3 Å². The van der Waals surface area contributed by atoms with Crippen molar-refractivity contribution in [3.8, 4) is 11.5 Å². The van der Waals surface area contributed by atoms with E-state index in [0.717, 1.165) is 11.1 Å². The summed E-state index contributed by atoms with van der Waals surface area (Å²) in [4.78, 5) is 12.4. The normalized spacial score (nSPS) is 10.7. The highest BCUT2D eigenvalue weighted by Crippen LogP contribution is 2.25. The molecule has 1 amide bonds. The van der Waals surface area contributed by atoms with Gasteiger partial charge in [-0.15, -0.1) is 5.10 Å². The Bertz CT molecular complexity index is 982. The molecule has 8 heteroatoms. The molecule has 0 bridgehead atoms. The van der Waals surface area contributed by atoms with Crippen molar-refractivity contribution in [1.29, 1.82) is 0 Å². The van der Waals surface area contributed by atoms with Crippen molar-refractivity contribution in [3.05, 3.63) is 62.4 Å². The summed E-state index contributed by atoms with van der Waals surface area (Å²) in [6.45, 7) is 1.95. The van der Waals surface area contributed by atoms with Crippen LogP contribution in [0.4, 0.5) is 5.69 Å². The molecule has 0 aliphatic rings. The van der Waals surface area contributed by atoms with Crippen LogP contribution in [0.3, 0.4) is 0 Å². The molecule has 25 heavy (non-hydrogen) atoms. The zero-order valence-corrected chi connectivity index (χ0v) is 16.3. The zero-order chi connectivity index (χ0) is 18.0. The Balaban J connectivity index is 1.74. The average Bonchev–Trinajstić information content (AvgIpc) is 2.92. The number of anilines is 1. The van der Waals surface area contributed by atoms with Crippen molar-refractivity contribution in [3.63, 3.8) is 0 Å². The fourth-order valence-corrected chi connectivity index (χ4v) is 2.81. The summed E-state index contributed by atoms with van der Waals surface area (Å²) in [6.07, 6.45) is 0. The lowest BCUT2D eigenvalue weighted by molar-refractivity contribution is -0.117. The maximum atomic E-state index is 12.2. The van der Waals surface area contributed by atoms with Crippen molar-refractivity contribution in [2.75, 3.05) is 5.32 Å². The molecule has 1 aromatic heterocycles. The van der Waals surface area contributed by atoms with E-state index in [1.54, 1.807) is 18.2 Å². The third kappa shape index (κ3) is 4.36. The second-order valence-corrected chi connectivity index (χ2v) is 6.98. The first-order chi connectivity index (χ1) is 11.9. The highest BCUT2D eigenvalue weighted by Gasteiger charge is 2.12. The van der Waals surface area contributed by atoms with Gasteiger partial charge in [-0.1, -0.05) is 29.3 Å². The minimum absolute atomic E-state index is 0.0472. The maximum absolute atomic E-state index is 12.2. The molecule has 1 N–H and O–H groups in total. The smallest absolute Gasteiger partial charge is 0.287 e. The molecule has 1 heterocycles. The zero-order valence-electron chi connectivity index (χ0n) is 13.1. The van der Waals surface area contributed by atoms with Gasteiger partial charge < -0.3 is 9.73 Å². The number of hydrogen-bond donors (Lipinski definition) is 1. The van der Waals surface area contributed by atoms with Crippen LogP contribution in [0.1, 0.15) is 5.56 Å². The van der Waals surface area contributed by atoms with Crippen LogP contribution in [0.25, 0.3) is 11.5 Å². The van der Waals surface area contributed by atoms with Gasteiger partial charge in [0.2, 0.25) is 11.8 Å². The molecule has 0 radical (unpaired) electrons. The third-order valence-electron chi connectivity index (χ3n) is 3.40. The molecular formula is C17H13BrClN3O2S. The molecule has 0 aliphatic heterocycles. The number of hydrogen-bond acceptors (Lipinski definition) is 4. The first kappa shape index (κ1) is 17.8. The molecule has 3 aromatic rings. The fraction of sp³-hybridized carbons (Fsp3) is 0.118. The van der Waals surface area contributed by atoms with E-state index in [1.165, 1.54) is 4.68 Å². The Morgan fingerprint density at radius 2 is 2.04 bits per heavy atom. The average molecular weight is 439 g/mol. The van der Waals surface area contributed by atoms with Gasteiger partial charge in [0.05, 0.1) is 5.02 Å². The van der Waals surface area contributed by atoms with E-state index in [1.807, 2.05) is 31.2 Å². The standard InChI is InChI=1S/C17H13BrClN3O2S/c1-10-2-4-11(5-3-10)16-21-22(17(25)24-16)9-15(23)20-12-6-7-14(19)13(18)8-12/h2-8H,9H2,1H3,(H,20,23). The van der Waals surface area contributed by atoms with Crippen LogP contribution in [0.2, 0.25) is 5.02 Å². The van der Waals surface area contributed by atoms with Crippen molar-refractivity contribution in [2.24, 2.45) is 0 Å². The van der Waals surface area contributed by atoms with Gasteiger partial charge in [0, 0.05) is 15.7 Å². The van der Waals surface area contributed by atoms with E-state index < -0.39 is 0 Å². The van der Waals surface area contributed by atoms with Crippen molar-refractivity contribution < 1.29 is 9.21 Å². The van der Waals surface area contributed by atoms with E-state index in [2.05, 4.69) is 26.3 Å². The number of halogens is 2. The number of rotatable bonds is 4. The largest absolute Gasteiger partial charge is 0.409 e. The number of aryl methyl sites for hydroxylation is 1. The Kier molecular flexibility index (Phi) is 5.36. The molecular weight excluding hydrogens is 426 g/mol. The third-order valence-corrected chi connectivity index (χ3v) is 4.91. The van der Waals surface area contributed by atoms with Crippen LogP contribution in [0.15, 0.2) is 51.4 Å². The van der Waals surface area contributed by atoms with E-state index in [4.69, 9.17) is 28.2 Å². The maximum Gasteiger partial charge on any atom is 0.287 e. The highest BCUT2D eigenvalue weighted by atomic mass is 79.9. The molecule has 0 unspecified atom stereocenters. The fourth-order valence-electron chi connectivity index (χ4n) is 2.13. The summed E-state index contributed by atoms with van der Waals surface area (Å²) in [5.74, 6) is 0.112. The van der Waals surface area contributed by atoms with Gasteiger partial charge in [-0.2, -0.15) is 0 Å². The summed E-state index contributed by atoms with van der Waals surface area (Å²) < 4.78 is 7.54. The summed E-state index contributed by atoms with van der Waals surface area (Å²) >= 11 is 14.4. The SMILES string of the molecule is Cc1ccc(-c2nn(CC(=O)Nc3ccc(Cl)c(Br)c3)c(=S)o2)cc1. The van der Waals surface area contributed by atoms with Gasteiger partial charge in [-0.05, 0) is 65.4 Å². The first-order valence-electron chi connectivity index (χ1n) is 7.32. The lowest BCUT2D eigenvalue weighted by Gasteiger charge is -2.06. The summed E-state index contributed by atoms with van der Waals surface area (Å²) in [5, 5.41) is 7.61. The lowest BCUT2D eigenvalue weighted by Crippen LogP contribution is -2.19. The Morgan fingerprint density at radius 3 is 2.72 bits per heavy atom. The lowest BCUT2D eigenvalue weighted by atomic mass is 10.1. The predicted octanol–water partition coefficient (Wildman–Crippen LogP) is 5.24. The molecule has 0 spiro atoms. The number of benzene rings is 2. The van der Waals surface area contributed by atoms with Gasteiger partial charge in [-0.3, -0.25) is 4.79 Å². The van der Waals surface area contributed by atoms with Gasteiger partial charge in [0.1, 0.15) is 6.54 Å². The number of carbonyl (C=O) groups excluding carboxylic acids is 1. The Morgan fingerprint density at radius 1 is 1.32 bits per heavy atom. The van der Waals surface area contributed by atoms with Crippen molar-refractivity contribution in [1.82, 2.24) is 9.78 Å². The van der Waals surface area contributed by atoms with Crippen LogP contribution >= 0.6 is 39.7 Å². The van der Waals surface area contributed by atoms with Gasteiger partial charge in [-0.25, -0.2) is 4.68 Å². The minimum atomic E-state index is -0.269. The highest BCUT2D eigenvalue weighted by molar-refractivity contribution is 9.10. The molecule has 0 saturated carbocycles. The molecule has 0 fully saturated rings. The van der Waals surface area contributed by atoms with Crippen LogP contribution in [0, 0.1) is 11.8 Å². The summed E-state index contributed by atoms with van der Waals surface area (Å²) in [5.41, 5.74) is 2.56. The number of carbonyl (C=O) groups is 1. The molecule has 2 aromatic carbocycles. The van der Waals surface area contributed by atoms with Crippen LogP contribution < -0.4 is 5.32 Å². The molecule has 0 saturated heterocycles. The monoisotopic (exact) mass is 437 g/mol. The molecule has 5 nitrogen and oxygen atoms in total. The van der Waals surface area contributed by atoms with E-state index >= 15 is 0 Å². The minimum Gasteiger partial charge on any atom is -0.409 e. The van der Waals surface area contributed by atoms with Crippen LogP contribution in [0.5, 0.6) is 0 Å². The van der Waals surface area contributed by atoms with E-state index in [0.29, 0.717) is 21.1 Å². The summed E-state index contributed by atoms with van der Waals surface area (Å²) in [6, 6.07) is 12.8. The van der Waals surface area contributed by atoms with Crippen LogP contribution in [-0.2, 0) is 11.3 Å². The Hall–Kier alpha value is -1.96. The van der Waals surface area contributed by atoms with E-state index in [9.17, 15) is 4.79 Å².